The molecule has 0 spiro atoms. The van der Waals surface area contributed by atoms with Gasteiger partial charge in [-0.05, 0) is 61.4 Å². The van der Waals surface area contributed by atoms with Crippen molar-refractivity contribution in [1.29, 1.82) is 0 Å². The molecule has 3 heteroatoms. The zero-order valence-electron chi connectivity index (χ0n) is 11.2. The van der Waals surface area contributed by atoms with Gasteiger partial charge in [0, 0.05) is 11.5 Å². The summed E-state index contributed by atoms with van der Waals surface area (Å²) in [4.78, 5) is 1.25. The lowest BCUT2D eigenvalue weighted by Gasteiger charge is -2.23. The molecule has 0 saturated carbocycles. The van der Waals surface area contributed by atoms with Crippen molar-refractivity contribution in [3.8, 4) is 0 Å². The van der Waals surface area contributed by atoms with Crippen LogP contribution in [0.15, 0.2) is 29.2 Å². The second-order valence-corrected chi connectivity index (χ2v) is 6.39. The second kappa shape index (κ2) is 7.07. The van der Waals surface area contributed by atoms with Crippen molar-refractivity contribution in [3.05, 3.63) is 29.8 Å². The molecule has 1 saturated heterocycles. The third-order valence-corrected chi connectivity index (χ3v) is 4.68. The van der Waals surface area contributed by atoms with Crippen molar-refractivity contribution >= 4 is 16.1 Å². The van der Waals surface area contributed by atoms with Crippen molar-refractivity contribution in [2.75, 3.05) is 13.2 Å². The van der Waals surface area contributed by atoms with Crippen LogP contribution in [0.1, 0.15) is 31.7 Å². The van der Waals surface area contributed by atoms with E-state index in [0.717, 1.165) is 13.0 Å². The van der Waals surface area contributed by atoms with Gasteiger partial charge in [0.2, 0.25) is 0 Å². The smallest absolute Gasteiger partial charge is 0.0873 e. The third kappa shape index (κ3) is 3.94. The Morgan fingerprint density at radius 1 is 1.33 bits per heavy atom. The van der Waals surface area contributed by atoms with Crippen molar-refractivity contribution in [2.24, 2.45) is 0 Å². The summed E-state index contributed by atoms with van der Waals surface area (Å²) < 4.78 is 11.7. The zero-order chi connectivity index (χ0) is 12.8. The summed E-state index contributed by atoms with van der Waals surface area (Å²) in [6.45, 7) is 5.77. The number of benzene rings is 1. The van der Waals surface area contributed by atoms with Gasteiger partial charge in [0.1, 0.15) is 0 Å². The van der Waals surface area contributed by atoms with Crippen LogP contribution in [0.3, 0.4) is 0 Å². The Hall–Kier alpha value is -0.640. The van der Waals surface area contributed by atoms with Crippen LogP contribution in [0.4, 0.5) is 0 Å². The highest BCUT2D eigenvalue weighted by Crippen LogP contribution is 2.28. The first-order chi connectivity index (χ1) is 8.79. The Morgan fingerprint density at radius 3 is 2.72 bits per heavy atom. The third-order valence-electron chi connectivity index (χ3n) is 3.12. The minimum absolute atomic E-state index is 0.210. The van der Waals surface area contributed by atoms with E-state index < -0.39 is 0 Å². The molecule has 1 aromatic rings. The van der Waals surface area contributed by atoms with Crippen molar-refractivity contribution in [2.45, 2.75) is 44.1 Å². The minimum Gasteiger partial charge on any atom is -0.376 e. The first-order valence-electron chi connectivity index (χ1n) is 6.63. The van der Waals surface area contributed by atoms with E-state index in [0.29, 0.717) is 12.7 Å². The minimum atomic E-state index is -0.210. The first kappa shape index (κ1) is 13.8. The van der Waals surface area contributed by atoms with Crippen LogP contribution >= 0.6 is 10.8 Å². The monoisotopic (exact) mass is 266 g/mol. The molecule has 0 aliphatic carbocycles. The van der Waals surface area contributed by atoms with Crippen LogP contribution in [0.25, 0.3) is 0 Å². The van der Waals surface area contributed by atoms with Gasteiger partial charge in [-0.2, -0.15) is 0 Å². The molecule has 0 aromatic heterocycles. The molecule has 100 valence electrons. The van der Waals surface area contributed by atoms with Gasteiger partial charge < -0.3 is 8.92 Å². The fourth-order valence-electron chi connectivity index (χ4n) is 2.03. The molecule has 2 rings (SSSR count). The van der Waals surface area contributed by atoms with Crippen LogP contribution < -0.4 is 0 Å². The number of ether oxygens (including phenoxy) is 1. The zero-order valence-corrected chi connectivity index (χ0v) is 12.0. The lowest BCUT2D eigenvalue weighted by molar-refractivity contribution is -0.00718. The lowest BCUT2D eigenvalue weighted by atomic mass is 10.1. The number of hydrogen-bond acceptors (Lipinski definition) is 2. The predicted octanol–water partition coefficient (Wildman–Crippen LogP) is 3.95. The Balaban J connectivity index is 1.91. The van der Waals surface area contributed by atoms with E-state index in [1.165, 1.54) is 23.3 Å². The maximum Gasteiger partial charge on any atom is 0.0873 e. The molecule has 0 radical (unpaired) electrons. The summed E-state index contributed by atoms with van der Waals surface area (Å²) in [5.41, 5.74) is 1.29. The van der Waals surface area contributed by atoms with Gasteiger partial charge in [-0.15, -0.1) is 0 Å². The van der Waals surface area contributed by atoms with Crippen LogP contribution in [-0.4, -0.2) is 24.7 Å². The molecule has 1 aromatic carbocycles. The van der Waals surface area contributed by atoms with Gasteiger partial charge in [0.25, 0.3) is 0 Å². The maximum atomic E-state index is 6.00. The Morgan fingerprint density at radius 2 is 2.11 bits per heavy atom. The van der Waals surface area contributed by atoms with Gasteiger partial charge in [-0.25, -0.2) is 0 Å². The van der Waals surface area contributed by atoms with Gasteiger partial charge in [0.05, 0.1) is 12.7 Å². The fraction of sp³-hybridized carbons (Fsp3) is 0.533. The predicted molar refractivity (Wildman–Crippen MR) is 78.3 cm³/mol. The normalized spacial score (nSPS) is 22.0. The van der Waals surface area contributed by atoms with Gasteiger partial charge in [-0.1, -0.05) is 17.7 Å². The molecule has 1 aliphatic heterocycles. The fourth-order valence-corrected chi connectivity index (χ4v) is 3.28. The topological polar surface area (TPSA) is 18.5 Å². The molecule has 2 atom stereocenters. The van der Waals surface area contributed by atoms with E-state index >= 15 is 0 Å². The maximum absolute atomic E-state index is 6.00. The lowest BCUT2D eigenvalue weighted by Crippen LogP contribution is -2.23. The Kier molecular flexibility index (Phi) is 5.42. The molecule has 0 bridgehead atoms. The van der Waals surface area contributed by atoms with E-state index in [1.807, 2.05) is 0 Å². The van der Waals surface area contributed by atoms with E-state index in [4.69, 9.17) is 8.92 Å². The van der Waals surface area contributed by atoms with Gasteiger partial charge in [-0.3, -0.25) is 0 Å². The summed E-state index contributed by atoms with van der Waals surface area (Å²) in [5.74, 6) is 0. The molecule has 1 fully saturated rings. The van der Waals surface area contributed by atoms with Crippen LogP contribution in [0.2, 0.25) is 0 Å². The second-order valence-electron chi connectivity index (χ2n) is 4.62. The standard InChI is InChI=1S/C15H22O2S/c1-3-18(15-9-7-13(2)8-10-15)17-12-14-6-4-5-11-16-14/h3,7-10,14H,4-6,11-12H2,1-2H3/t14-,18?/m0/s1. The quantitative estimate of drug-likeness (QED) is 0.768. The largest absolute Gasteiger partial charge is 0.376 e. The number of aryl methyl sites for hydroxylation is 1. The average Bonchev–Trinajstić information content (AvgIpc) is 2.42. The number of rotatable bonds is 4. The van der Waals surface area contributed by atoms with Crippen molar-refractivity contribution in [3.63, 3.8) is 0 Å². The summed E-state index contributed by atoms with van der Waals surface area (Å²) in [6.07, 6.45) is 3.89. The van der Waals surface area contributed by atoms with Crippen LogP contribution in [0, 0.1) is 6.92 Å². The SMILES string of the molecule is C/C=S(/OC[C@@H]1CCCCO1)c1ccc(C)cc1. The molecule has 2 nitrogen and oxygen atoms in total. The molecular formula is C15H22O2S. The highest BCUT2D eigenvalue weighted by molar-refractivity contribution is 8.10. The van der Waals surface area contributed by atoms with E-state index in [1.54, 1.807) is 0 Å². The number of hydrogen-bond donors (Lipinski definition) is 0. The Labute approximate surface area is 112 Å². The molecule has 1 aliphatic rings. The summed E-state index contributed by atoms with van der Waals surface area (Å²) in [6, 6.07) is 8.58. The highest BCUT2D eigenvalue weighted by atomic mass is 32.2. The Bertz CT molecular complexity index is 391. The molecule has 0 amide bonds. The van der Waals surface area contributed by atoms with E-state index in [9.17, 15) is 0 Å². The summed E-state index contributed by atoms with van der Waals surface area (Å²) in [5, 5.41) is 2.13. The van der Waals surface area contributed by atoms with E-state index in [2.05, 4.69) is 43.5 Å². The average molecular weight is 266 g/mol. The van der Waals surface area contributed by atoms with Crippen molar-refractivity contribution in [1.82, 2.24) is 0 Å². The molecule has 1 unspecified atom stereocenters. The summed E-state index contributed by atoms with van der Waals surface area (Å²) >= 11 is 0. The van der Waals surface area contributed by atoms with Gasteiger partial charge in [0.15, 0.2) is 0 Å². The molecular weight excluding hydrogens is 244 g/mol. The van der Waals surface area contributed by atoms with E-state index in [-0.39, 0.29) is 10.8 Å². The van der Waals surface area contributed by atoms with Gasteiger partial charge >= 0.3 is 0 Å². The summed E-state index contributed by atoms with van der Waals surface area (Å²) in [7, 11) is -0.210. The van der Waals surface area contributed by atoms with Crippen LogP contribution in [0.5, 0.6) is 0 Å². The molecule has 18 heavy (non-hydrogen) atoms. The highest BCUT2D eigenvalue weighted by Gasteiger charge is 2.14. The van der Waals surface area contributed by atoms with Crippen molar-refractivity contribution < 1.29 is 8.92 Å². The molecule has 0 N–H and O–H groups in total. The van der Waals surface area contributed by atoms with Crippen LogP contribution in [-0.2, 0) is 8.92 Å². The molecule has 1 heterocycles. The first-order valence-corrected chi connectivity index (χ1v) is 7.85.